The molecule has 138 valence electrons. The van der Waals surface area contributed by atoms with Crippen LogP contribution in [0.1, 0.15) is 10.1 Å². The van der Waals surface area contributed by atoms with Crippen molar-refractivity contribution in [2.75, 3.05) is 23.4 Å². The van der Waals surface area contributed by atoms with Crippen molar-refractivity contribution in [2.24, 2.45) is 0 Å². The molecular formula is C18H17N5O2S2. The zero-order valence-electron chi connectivity index (χ0n) is 14.3. The van der Waals surface area contributed by atoms with Gasteiger partial charge in [-0.05, 0) is 52.4 Å². The minimum Gasteiger partial charge on any atom is -0.484 e. The molecule has 0 saturated carbocycles. The third-order valence-electron chi connectivity index (χ3n) is 3.91. The number of carbonyl (C=O) groups excluding carboxylic acids is 1. The Bertz CT molecular complexity index is 879. The summed E-state index contributed by atoms with van der Waals surface area (Å²) in [5, 5.41) is 13.8. The number of hydrogen-bond acceptors (Lipinski definition) is 7. The highest BCUT2D eigenvalue weighted by molar-refractivity contribution is 8.19. The minimum atomic E-state index is -0.212. The maximum atomic E-state index is 12.1. The highest BCUT2D eigenvalue weighted by atomic mass is 32.2. The van der Waals surface area contributed by atoms with Crippen molar-refractivity contribution in [1.29, 1.82) is 0 Å². The number of tetrazole rings is 1. The third kappa shape index (κ3) is 4.61. The molecule has 1 N–H and O–H groups in total. The average molecular weight is 400 g/mol. The number of nitrogens with zero attached hydrogens (tertiary/aromatic N) is 4. The summed E-state index contributed by atoms with van der Waals surface area (Å²) in [5.41, 5.74) is 2.79. The first kappa shape index (κ1) is 17.9. The highest BCUT2D eigenvalue weighted by Crippen LogP contribution is 2.45. The molecule has 9 heteroatoms. The van der Waals surface area contributed by atoms with Gasteiger partial charge in [0.2, 0.25) is 0 Å². The van der Waals surface area contributed by atoms with Gasteiger partial charge in [-0.1, -0.05) is 12.1 Å². The van der Waals surface area contributed by atoms with Crippen molar-refractivity contribution < 1.29 is 9.53 Å². The van der Waals surface area contributed by atoms with Crippen molar-refractivity contribution >= 4 is 35.1 Å². The predicted octanol–water partition coefficient (Wildman–Crippen LogP) is 3.16. The Kier molecular flexibility index (Phi) is 5.59. The van der Waals surface area contributed by atoms with Crippen molar-refractivity contribution in [3.63, 3.8) is 0 Å². The van der Waals surface area contributed by atoms with Crippen molar-refractivity contribution in [2.45, 2.75) is 4.58 Å². The highest BCUT2D eigenvalue weighted by Gasteiger charge is 2.18. The van der Waals surface area contributed by atoms with Crippen LogP contribution < -0.4 is 10.1 Å². The zero-order valence-corrected chi connectivity index (χ0v) is 15.9. The number of thioether (sulfide) groups is 2. The number of aromatic nitrogens is 4. The average Bonchev–Trinajstić information content (AvgIpc) is 3.41. The summed E-state index contributed by atoms with van der Waals surface area (Å²) in [6.07, 6.45) is 1.51. The lowest BCUT2D eigenvalue weighted by atomic mass is 10.2. The Balaban J connectivity index is 1.28. The fourth-order valence-corrected chi connectivity index (χ4v) is 5.45. The minimum absolute atomic E-state index is 0.0407. The second kappa shape index (κ2) is 8.45. The number of ether oxygens (including phenoxy) is 1. The number of carbonyl (C=O) groups is 1. The first-order valence-corrected chi connectivity index (χ1v) is 10.5. The van der Waals surface area contributed by atoms with E-state index < -0.39 is 0 Å². The van der Waals surface area contributed by atoms with Gasteiger partial charge in [-0.15, -0.1) is 28.6 Å². The van der Waals surface area contributed by atoms with Crippen LogP contribution in [-0.2, 0) is 4.79 Å². The smallest absolute Gasteiger partial charge is 0.262 e. The van der Waals surface area contributed by atoms with Crippen molar-refractivity contribution in [1.82, 2.24) is 20.2 Å². The standard InChI is InChI=1S/C18H17N5O2S2/c24-17(20-14-3-5-15(6-4-14)23-12-19-21-22-23)11-25-16-7-1-13(2-8-16)18-26-9-10-27-18/h1-8,12,18H,9-11H2,(H,20,24). The topological polar surface area (TPSA) is 81.9 Å². The SMILES string of the molecule is O=C(COc1ccc(C2SCCS2)cc1)Nc1ccc(-n2cnnn2)cc1. The van der Waals surface area contributed by atoms with Gasteiger partial charge >= 0.3 is 0 Å². The van der Waals surface area contributed by atoms with Crippen LogP contribution in [0.3, 0.4) is 0 Å². The maximum Gasteiger partial charge on any atom is 0.262 e. The summed E-state index contributed by atoms with van der Waals surface area (Å²) < 4.78 is 7.64. The molecule has 1 aliphatic rings. The largest absolute Gasteiger partial charge is 0.484 e. The Labute approximate surface area is 164 Å². The van der Waals surface area contributed by atoms with Crippen LogP contribution in [0.5, 0.6) is 5.75 Å². The molecule has 2 aromatic carbocycles. The van der Waals surface area contributed by atoms with E-state index in [2.05, 4.69) is 33.0 Å². The number of benzene rings is 2. The monoisotopic (exact) mass is 399 g/mol. The van der Waals surface area contributed by atoms with Gasteiger partial charge in [0, 0.05) is 17.2 Å². The van der Waals surface area contributed by atoms with E-state index >= 15 is 0 Å². The number of amides is 1. The van der Waals surface area contributed by atoms with Gasteiger partial charge in [-0.3, -0.25) is 4.79 Å². The lowest BCUT2D eigenvalue weighted by Gasteiger charge is -2.11. The molecule has 0 spiro atoms. The van der Waals surface area contributed by atoms with E-state index in [9.17, 15) is 4.79 Å². The van der Waals surface area contributed by atoms with Crippen LogP contribution in [-0.4, -0.2) is 44.2 Å². The predicted molar refractivity (Wildman–Crippen MR) is 107 cm³/mol. The van der Waals surface area contributed by atoms with E-state index in [1.54, 1.807) is 16.8 Å². The molecule has 0 radical (unpaired) electrons. The van der Waals surface area contributed by atoms with Crippen LogP contribution in [0.25, 0.3) is 5.69 Å². The Hall–Kier alpha value is -2.52. The molecule has 0 atom stereocenters. The quantitative estimate of drug-likeness (QED) is 0.682. The molecular weight excluding hydrogens is 382 g/mol. The molecule has 2 heterocycles. The van der Waals surface area contributed by atoms with Gasteiger partial charge in [0.25, 0.3) is 5.91 Å². The first-order chi connectivity index (χ1) is 13.3. The van der Waals surface area contributed by atoms with E-state index in [-0.39, 0.29) is 12.5 Å². The molecule has 1 aliphatic heterocycles. The summed E-state index contributed by atoms with van der Waals surface area (Å²) >= 11 is 3.93. The number of anilines is 1. The summed E-state index contributed by atoms with van der Waals surface area (Å²) in [6.45, 7) is -0.0407. The maximum absolute atomic E-state index is 12.1. The Morgan fingerprint density at radius 2 is 1.85 bits per heavy atom. The van der Waals surface area contributed by atoms with Gasteiger partial charge in [0.05, 0.1) is 10.3 Å². The van der Waals surface area contributed by atoms with Gasteiger partial charge in [0.1, 0.15) is 12.1 Å². The Morgan fingerprint density at radius 1 is 1.11 bits per heavy atom. The molecule has 0 aliphatic carbocycles. The first-order valence-electron chi connectivity index (χ1n) is 8.37. The van der Waals surface area contributed by atoms with E-state index in [1.807, 2.05) is 47.8 Å². The van der Waals surface area contributed by atoms with Gasteiger partial charge in [-0.2, -0.15) is 0 Å². The molecule has 3 aromatic rings. The summed E-state index contributed by atoms with van der Waals surface area (Å²) in [7, 11) is 0. The third-order valence-corrected chi connectivity index (χ3v) is 7.01. The summed E-state index contributed by atoms with van der Waals surface area (Å²) in [6, 6.07) is 15.2. The van der Waals surface area contributed by atoms with Gasteiger partial charge < -0.3 is 10.1 Å². The van der Waals surface area contributed by atoms with E-state index in [4.69, 9.17) is 4.74 Å². The van der Waals surface area contributed by atoms with Gasteiger partial charge in [-0.25, -0.2) is 4.68 Å². The van der Waals surface area contributed by atoms with Crippen LogP contribution in [0.2, 0.25) is 0 Å². The molecule has 1 aromatic heterocycles. The molecule has 0 unspecified atom stereocenters. The molecule has 0 bridgehead atoms. The number of rotatable bonds is 6. The van der Waals surface area contributed by atoms with E-state index in [0.29, 0.717) is 16.0 Å². The lowest BCUT2D eigenvalue weighted by molar-refractivity contribution is -0.118. The molecule has 1 amide bonds. The number of nitrogens with one attached hydrogen (secondary N) is 1. The van der Waals surface area contributed by atoms with E-state index in [0.717, 1.165) is 5.69 Å². The number of hydrogen-bond donors (Lipinski definition) is 1. The van der Waals surface area contributed by atoms with E-state index in [1.165, 1.54) is 23.4 Å². The van der Waals surface area contributed by atoms with Crippen LogP contribution in [0.4, 0.5) is 5.69 Å². The second-order valence-electron chi connectivity index (χ2n) is 5.78. The molecule has 27 heavy (non-hydrogen) atoms. The Morgan fingerprint density at radius 3 is 2.52 bits per heavy atom. The van der Waals surface area contributed by atoms with Crippen LogP contribution in [0, 0.1) is 0 Å². The zero-order chi connectivity index (χ0) is 18.5. The molecule has 7 nitrogen and oxygen atoms in total. The normalized spacial score (nSPS) is 14.2. The molecule has 1 fully saturated rings. The summed E-state index contributed by atoms with van der Waals surface area (Å²) in [5.74, 6) is 2.88. The lowest BCUT2D eigenvalue weighted by Crippen LogP contribution is -2.20. The fraction of sp³-hybridized carbons (Fsp3) is 0.222. The van der Waals surface area contributed by atoms with Gasteiger partial charge in [0.15, 0.2) is 6.61 Å². The second-order valence-corrected chi connectivity index (χ2v) is 8.51. The molecule has 1 saturated heterocycles. The summed E-state index contributed by atoms with van der Waals surface area (Å²) in [4.78, 5) is 12.1. The molecule has 4 rings (SSSR count). The van der Waals surface area contributed by atoms with Crippen molar-refractivity contribution in [3.05, 3.63) is 60.4 Å². The van der Waals surface area contributed by atoms with Crippen LogP contribution >= 0.6 is 23.5 Å². The fourth-order valence-electron chi connectivity index (χ4n) is 2.60. The van der Waals surface area contributed by atoms with Crippen molar-refractivity contribution in [3.8, 4) is 11.4 Å². The van der Waals surface area contributed by atoms with Crippen LogP contribution in [0.15, 0.2) is 54.9 Å².